The second kappa shape index (κ2) is 5.22. The molecule has 0 saturated carbocycles. The molecule has 0 bridgehead atoms. The number of aliphatic hydroxyl groups excluding tert-OH is 1. The third-order valence-electron chi connectivity index (χ3n) is 2.92. The SMILES string of the molecule is OB(O)c1cnc(Cl)c(N2CCCCC2O)c1. The number of pyridine rings is 1. The van der Waals surface area contributed by atoms with Gasteiger partial charge in [0, 0.05) is 18.2 Å². The van der Waals surface area contributed by atoms with E-state index in [-0.39, 0.29) is 10.6 Å². The summed E-state index contributed by atoms with van der Waals surface area (Å²) in [6.07, 6.45) is 3.36. The number of aromatic nitrogens is 1. The van der Waals surface area contributed by atoms with Crippen LogP contribution in [0.2, 0.25) is 5.15 Å². The van der Waals surface area contributed by atoms with Crippen molar-refractivity contribution >= 4 is 29.9 Å². The van der Waals surface area contributed by atoms with Gasteiger partial charge in [-0.3, -0.25) is 0 Å². The molecule has 0 aromatic carbocycles. The van der Waals surface area contributed by atoms with Crippen molar-refractivity contribution < 1.29 is 15.2 Å². The minimum Gasteiger partial charge on any atom is -0.423 e. The Balaban J connectivity index is 2.32. The van der Waals surface area contributed by atoms with Crippen LogP contribution in [0.5, 0.6) is 0 Å². The van der Waals surface area contributed by atoms with E-state index in [0.29, 0.717) is 18.7 Å². The Kier molecular flexibility index (Phi) is 3.88. The van der Waals surface area contributed by atoms with Crippen molar-refractivity contribution in [1.29, 1.82) is 0 Å². The van der Waals surface area contributed by atoms with Gasteiger partial charge in [0.2, 0.25) is 0 Å². The van der Waals surface area contributed by atoms with Crippen molar-refractivity contribution in [3.8, 4) is 0 Å². The molecule has 2 heterocycles. The van der Waals surface area contributed by atoms with E-state index in [1.807, 2.05) is 0 Å². The Hall–Kier alpha value is -0.815. The molecule has 0 radical (unpaired) electrons. The molecule has 1 saturated heterocycles. The Morgan fingerprint density at radius 3 is 2.82 bits per heavy atom. The van der Waals surface area contributed by atoms with E-state index in [0.717, 1.165) is 12.8 Å². The highest BCUT2D eigenvalue weighted by atomic mass is 35.5. The molecule has 0 aliphatic carbocycles. The van der Waals surface area contributed by atoms with Crippen LogP contribution in [-0.2, 0) is 0 Å². The van der Waals surface area contributed by atoms with E-state index in [9.17, 15) is 5.11 Å². The summed E-state index contributed by atoms with van der Waals surface area (Å²) >= 11 is 5.97. The third-order valence-corrected chi connectivity index (χ3v) is 3.21. The van der Waals surface area contributed by atoms with Gasteiger partial charge in [-0.2, -0.15) is 0 Å². The molecule has 1 aromatic heterocycles. The van der Waals surface area contributed by atoms with E-state index in [2.05, 4.69) is 4.98 Å². The third kappa shape index (κ3) is 2.71. The Morgan fingerprint density at radius 2 is 2.18 bits per heavy atom. The molecule has 0 amide bonds. The summed E-state index contributed by atoms with van der Waals surface area (Å²) in [7, 11) is -1.58. The fourth-order valence-corrected chi connectivity index (χ4v) is 2.20. The molecule has 7 heteroatoms. The lowest BCUT2D eigenvalue weighted by Gasteiger charge is -2.34. The number of hydrogen-bond donors (Lipinski definition) is 3. The highest BCUT2D eigenvalue weighted by molar-refractivity contribution is 6.58. The Bertz CT molecular complexity index is 405. The van der Waals surface area contributed by atoms with Crippen LogP contribution in [0.25, 0.3) is 0 Å². The lowest BCUT2D eigenvalue weighted by Crippen LogP contribution is -2.41. The normalized spacial score (nSPS) is 20.5. The van der Waals surface area contributed by atoms with Gasteiger partial charge in [0.1, 0.15) is 6.23 Å². The van der Waals surface area contributed by atoms with Crippen molar-refractivity contribution in [2.24, 2.45) is 0 Å². The number of hydrogen-bond acceptors (Lipinski definition) is 5. The molecule has 1 aliphatic heterocycles. The Labute approximate surface area is 105 Å². The van der Waals surface area contributed by atoms with Gasteiger partial charge >= 0.3 is 7.12 Å². The summed E-state index contributed by atoms with van der Waals surface area (Å²) in [4.78, 5) is 5.64. The van der Waals surface area contributed by atoms with E-state index in [4.69, 9.17) is 21.6 Å². The smallest absolute Gasteiger partial charge is 0.423 e. The van der Waals surface area contributed by atoms with Gasteiger partial charge in [-0.1, -0.05) is 11.6 Å². The van der Waals surface area contributed by atoms with Crippen molar-refractivity contribution in [3.05, 3.63) is 17.4 Å². The predicted molar refractivity (Wildman–Crippen MR) is 66.3 cm³/mol. The van der Waals surface area contributed by atoms with Crippen LogP contribution >= 0.6 is 11.6 Å². The van der Waals surface area contributed by atoms with Crippen LogP contribution in [0, 0.1) is 0 Å². The molecule has 1 unspecified atom stereocenters. The molecular weight excluding hydrogens is 242 g/mol. The topological polar surface area (TPSA) is 76.8 Å². The largest absolute Gasteiger partial charge is 0.490 e. The maximum absolute atomic E-state index is 9.89. The van der Waals surface area contributed by atoms with Crippen molar-refractivity contribution in [3.63, 3.8) is 0 Å². The molecule has 1 atom stereocenters. The molecular formula is C10H14BClN2O3. The molecule has 2 rings (SSSR count). The zero-order chi connectivity index (χ0) is 12.4. The second-order valence-electron chi connectivity index (χ2n) is 4.12. The fourth-order valence-electron chi connectivity index (χ4n) is 1.99. The van der Waals surface area contributed by atoms with E-state index in [1.165, 1.54) is 6.20 Å². The number of anilines is 1. The zero-order valence-corrected chi connectivity index (χ0v) is 10.0. The quantitative estimate of drug-likeness (QED) is 0.501. The number of halogens is 1. The van der Waals surface area contributed by atoms with Gasteiger partial charge in [0.05, 0.1) is 5.69 Å². The van der Waals surface area contributed by atoms with E-state index >= 15 is 0 Å². The van der Waals surface area contributed by atoms with Crippen LogP contribution in [0.3, 0.4) is 0 Å². The summed E-state index contributed by atoms with van der Waals surface area (Å²) in [5.41, 5.74) is 0.812. The first kappa shape index (κ1) is 12.6. The maximum atomic E-state index is 9.89. The number of piperidine rings is 1. The van der Waals surface area contributed by atoms with Gasteiger partial charge in [0.25, 0.3) is 0 Å². The van der Waals surface area contributed by atoms with Crippen LogP contribution in [-0.4, -0.2) is 40.0 Å². The molecule has 5 nitrogen and oxygen atoms in total. The lowest BCUT2D eigenvalue weighted by molar-refractivity contribution is 0.140. The van der Waals surface area contributed by atoms with Gasteiger partial charge in [-0.25, -0.2) is 4.98 Å². The minimum absolute atomic E-state index is 0.260. The maximum Gasteiger partial charge on any atom is 0.490 e. The van der Waals surface area contributed by atoms with Gasteiger partial charge in [0.15, 0.2) is 5.15 Å². The predicted octanol–water partition coefficient (Wildman–Crippen LogP) is -0.277. The highest BCUT2D eigenvalue weighted by Crippen LogP contribution is 2.28. The molecule has 1 aromatic rings. The molecule has 92 valence electrons. The number of aliphatic hydroxyl groups is 1. The van der Waals surface area contributed by atoms with E-state index in [1.54, 1.807) is 11.0 Å². The molecule has 17 heavy (non-hydrogen) atoms. The van der Waals surface area contributed by atoms with Gasteiger partial charge < -0.3 is 20.1 Å². The van der Waals surface area contributed by atoms with Crippen LogP contribution in [0.4, 0.5) is 5.69 Å². The first-order valence-corrected chi connectivity index (χ1v) is 5.93. The first-order chi connectivity index (χ1) is 8.09. The van der Waals surface area contributed by atoms with Crippen molar-refractivity contribution in [1.82, 2.24) is 4.98 Å². The molecule has 0 spiro atoms. The summed E-state index contributed by atoms with van der Waals surface area (Å²) < 4.78 is 0. The summed E-state index contributed by atoms with van der Waals surface area (Å²) in [5, 5.41) is 28.3. The second-order valence-corrected chi connectivity index (χ2v) is 4.48. The van der Waals surface area contributed by atoms with Gasteiger partial charge in [-0.05, 0) is 25.3 Å². The fraction of sp³-hybridized carbons (Fsp3) is 0.500. The lowest BCUT2D eigenvalue weighted by atomic mass is 9.81. The van der Waals surface area contributed by atoms with Crippen LogP contribution in [0.1, 0.15) is 19.3 Å². The number of nitrogens with zero attached hydrogens (tertiary/aromatic N) is 2. The van der Waals surface area contributed by atoms with Crippen LogP contribution in [0.15, 0.2) is 12.3 Å². The summed E-state index contributed by atoms with van der Waals surface area (Å²) in [6, 6.07) is 1.55. The average molecular weight is 256 g/mol. The minimum atomic E-state index is -1.58. The number of rotatable bonds is 2. The monoisotopic (exact) mass is 256 g/mol. The molecule has 3 N–H and O–H groups in total. The van der Waals surface area contributed by atoms with Gasteiger partial charge in [-0.15, -0.1) is 0 Å². The average Bonchev–Trinajstić information content (AvgIpc) is 2.30. The Morgan fingerprint density at radius 1 is 1.41 bits per heavy atom. The van der Waals surface area contributed by atoms with Crippen molar-refractivity contribution in [2.75, 3.05) is 11.4 Å². The highest BCUT2D eigenvalue weighted by Gasteiger charge is 2.24. The molecule has 1 aliphatic rings. The summed E-state index contributed by atoms with van der Waals surface area (Å²) in [5.74, 6) is 0. The first-order valence-electron chi connectivity index (χ1n) is 5.56. The van der Waals surface area contributed by atoms with E-state index < -0.39 is 13.3 Å². The standard InChI is InChI=1S/C10H14BClN2O3/c12-10-8(5-7(6-13-10)11(16)17)14-4-2-1-3-9(14)15/h5-6,9,15-17H,1-4H2. The summed E-state index contributed by atoms with van der Waals surface area (Å²) in [6.45, 7) is 0.688. The zero-order valence-electron chi connectivity index (χ0n) is 9.25. The van der Waals surface area contributed by atoms with Crippen LogP contribution < -0.4 is 10.4 Å². The molecule has 1 fully saturated rings. The van der Waals surface area contributed by atoms with Crippen molar-refractivity contribution in [2.45, 2.75) is 25.5 Å².